The number of benzene rings is 2. The Balaban J connectivity index is 2.09. The fourth-order valence-electron chi connectivity index (χ4n) is 3.83. The second kappa shape index (κ2) is 7.08. The molecule has 0 unspecified atom stereocenters. The van der Waals surface area contributed by atoms with E-state index in [-0.39, 0.29) is 6.42 Å². The molecule has 0 radical (unpaired) electrons. The Labute approximate surface area is 143 Å². The van der Waals surface area contributed by atoms with Crippen molar-refractivity contribution >= 4 is 5.97 Å². The number of carbonyl (C=O) groups is 1. The van der Waals surface area contributed by atoms with Crippen molar-refractivity contribution in [3.63, 3.8) is 0 Å². The molecule has 0 spiro atoms. The Bertz CT molecular complexity index is 675. The molecule has 3 nitrogen and oxygen atoms in total. The van der Waals surface area contributed by atoms with Crippen LogP contribution < -0.4 is 4.74 Å². The van der Waals surface area contributed by atoms with Crippen LogP contribution in [0.5, 0.6) is 11.5 Å². The summed E-state index contributed by atoms with van der Waals surface area (Å²) in [7, 11) is 0. The van der Waals surface area contributed by atoms with Gasteiger partial charge in [-0.1, -0.05) is 69.0 Å². The summed E-state index contributed by atoms with van der Waals surface area (Å²) in [5, 5.41) is 9.64. The quantitative estimate of drug-likeness (QED) is 0.682. The zero-order chi connectivity index (χ0) is 17.0. The molecule has 3 heteroatoms. The summed E-state index contributed by atoms with van der Waals surface area (Å²) in [5.74, 6) is 0.804. The first-order valence-corrected chi connectivity index (χ1v) is 8.76. The van der Waals surface area contributed by atoms with Gasteiger partial charge in [-0.3, -0.25) is 4.79 Å². The smallest absolute Gasteiger partial charge is 0.304 e. The second-order valence-electron chi connectivity index (χ2n) is 6.56. The lowest BCUT2D eigenvalue weighted by Gasteiger charge is -2.39. The summed E-state index contributed by atoms with van der Waals surface area (Å²) in [4.78, 5) is 11.7. The third-order valence-electron chi connectivity index (χ3n) is 4.94. The Morgan fingerprint density at radius 1 is 0.958 bits per heavy atom. The van der Waals surface area contributed by atoms with Crippen LogP contribution in [0.25, 0.3) is 0 Å². The van der Waals surface area contributed by atoms with E-state index in [2.05, 4.69) is 6.92 Å². The normalized spacial score (nSPS) is 14.4. The zero-order valence-corrected chi connectivity index (χ0v) is 14.1. The van der Waals surface area contributed by atoms with Gasteiger partial charge in [0.1, 0.15) is 11.5 Å². The molecule has 0 fully saturated rings. The first-order chi connectivity index (χ1) is 11.7. The maximum absolute atomic E-state index is 11.7. The number of para-hydroxylation sites is 2. The predicted molar refractivity (Wildman–Crippen MR) is 94.7 cm³/mol. The minimum absolute atomic E-state index is 0.0938. The first kappa shape index (κ1) is 16.6. The molecular weight excluding hydrogens is 300 g/mol. The average molecular weight is 324 g/mol. The lowest BCUT2D eigenvalue weighted by atomic mass is 9.67. The van der Waals surface area contributed by atoms with Gasteiger partial charge in [-0.05, 0) is 18.6 Å². The van der Waals surface area contributed by atoms with E-state index >= 15 is 0 Å². The molecule has 1 heterocycles. The summed E-state index contributed by atoms with van der Waals surface area (Å²) in [6, 6.07) is 15.7. The molecule has 3 rings (SSSR count). The SMILES string of the molecule is CCCCCCC1(CC(=O)O)c2ccccc2Oc2ccccc21. The van der Waals surface area contributed by atoms with E-state index in [9.17, 15) is 9.90 Å². The van der Waals surface area contributed by atoms with Gasteiger partial charge in [0.15, 0.2) is 0 Å². The molecule has 2 aromatic carbocycles. The number of hydrogen-bond donors (Lipinski definition) is 1. The van der Waals surface area contributed by atoms with E-state index in [1.165, 1.54) is 12.8 Å². The largest absolute Gasteiger partial charge is 0.481 e. The van der Waals surface area contributed by atoms with Crippen LogP contribution in [0.1, 0.15) is 56.6 Å². The maximum atomic E-state index is 11.7. The van der Waals surface area contributed by atoms with Gasteiger partial charge < -0.3 is 9.84 Å². The third-order valence-corrected chi connectivity index (χ3v) is 4.94. The highest BCUT2D eigenvalue weighted by molar-refractivity contribution is 5.73. The van der Waals surface area contributed by atoms with Gasteiger partial charge in [0.05, 0.1) is 6.42 Å². The molecule has 0 saturated heterocycles. The number of ether oxygens (including phenoxy) is 1. The third kappa shape index (κ3) is 3.03. The van der Waals surface area contributed by atoms with Crippen LogP contribution in [-0.4, -0.2) is 11.1 Å². The van der Waals surface area contributed by atoms with Crippen LogP contribution in [0, 0.1) is 0 Å². The van der Waals surface area contributed by atoms with Crippen LogP contribution in [-0.2, 0) is 10.2 Å². The van der Waals surface area contributed by atoms with Crippen LogP contribution in [0.4, 0.5) is 0 Å². The number of carboxylic acid groups (broad SMARTS) is 1. The summed E-state index contributed by atoms with van der Waals surface area (Å²) in [6.07, 6.45) is 5.42. The van der Waals surface area contributed by atoms with Crippen molar-refractivity contribution in [3.05, 3.63) is 59.7 Å². The molecule has 0 amide bonds. The van der Waals surface area contributed by atoms with E-state index < -0.39 is 11.4 Å². The molecule has 0 saturated carbocycles. The molecule has 1 aliphatic heterocycles. The summed E-state index contributed by atoms with van der Waals surface area (Å²) in [6.45, 7) is 2.19. The number of rotatable bonds is 7. The Morgan fingerprint density at radius 3 is 2.08 bits per heavy atom. The molecule has 2 aromatic rings. The second-order valence-corrected chi connectivity index (χ2v) is 6.56. The van der Waals surface area contributed by atoms with Crippen molar-refractivity contribution in [2.45, 2.75) is 50.9 Å². The van der Waals surface area contributed by atoms with Crippen LogP contribution in [0.15, 0.2) is 48.5 Å². The average Bonchev–Trinajstić information content (AvgIpc) is 2.58. The van der Waals surface area contributed by atoms with Gasteiger partial charge in [0.25, 0.3) is 0 Å². The molecule has 0 atom stereocenters. The summed E-state index contributed by atoms with van der Waals surface area (Å²) < 4.78 is 6.05. The number of unbranched alkanes of at least 4 members (excludes halogenated alkanes) is 3. The van der Waals surface area contributed by atoms with Crippen molar-refractivity contribution < 1.29 is 14.6 Å². The van der Waals surface area contributed by atoms with Gasteiger partial charge in [-0.2, -0.15) is 0 Å². The van der Waals surface area contributed by atoms with Crippen molar-refractivity contribution in [1.29, 1.82) is 0 Å². The molecule has 126 valence electrons. The van der Waals surface area contributed by atoms with Gasteiger partial charge in [-0.25, -0.2) is 0 Å². The highest BCUT2D eigenvalue weighted by atomic mass is 16.5. The van der Waals surface area contributed by atoms with E-state index in [4.69, 9.17) is 4.74 Å². The van der Waals surface area contributed by atoms with E-state index in [1.807, 2.05) is 48.5 Å². The number of aliphatic carboxylic acids is 1. The van der Waals surface area contributed by atoms with Crippen LogP contribution in [0.3, 0.4) is 0 Å². The maximum Gasteiger partial charge on any atom is 0.304 e. The van der Waals surface area contributed by atoms with Gasteiger partial charge in [0, 0.05) is 16.5 Å². The first-order valence-electron chi connectivity index (χ1n) is 8.76. The monoisotopic (exact) mass is 324 g/mol. The number of fused-ring (bicyclic) bond motifs is 2. The minimum atomic E-state index is -0.767. The Morgan fingerprint density at radius 2 is 1.54 bits per heavy atom. The minimum Gasteiger partial charge on any atom is -0.481 e. The number of hydrogen-bond acceptors (Lipinski definition) is 2. The zero-order valence-electron chi connectivity index (χ0n) is 14.1. The Hall–Kier alpha value is -2.29. The van der Waals surface area contributed by atoms with Crippen molar-refractivity contribution in [3.8, 4) is 11.5 Å². The number of carboxylic acids is 1. The summed E-state index contributed by atoms with van der Waals surface area (Å²) >= 11 is 0. The molecule has 0 aliphatic carbocycles. The van der Waals surface area contributed by atoms with Crippen LogP contribution in [0.2, 0.25) is 0 Å². The predicted octanol–water partition coefficient (Wildman–Crippen LogP) is 5.52. The lowest BCUT2D eigenvalue weighted by Crippen LogP contribution is -2.34. The van der Waals surface area contributed by atoms with Gasteiger partial charge >= 0.3 is 5.97 Å². The highest BCUT2D eigenvalue weighted by Gasteiger charge is 2.43. The van der Waals surface area contributed by atoms with Crippen molar-refractivity contribution in [1.82, 2.24) is 0 Å². The highest BCUT2D eigenvalue weighted by Crippen LogP contribution is 2.52. The summed E-state index contributed by atoms with van der Waals surface area (Å²) in [5.41, 5.74) is 1.50. The fraction of sp³-hybridized carbons (Fsp3) is 0.381. The van der Waals surface area contributed by atoms with Crippen molar-refractivity contribution in [2.24, 2.45) is 0 Å². The lowest BCUT2D eigenvalue weighted by molar-refractivity contribution is -0.138. The van der Waals surface area contributed by atoms with E-state index in [0.717, 1.165) is 41.9 Å². The molecular formula is C21H24O3. The van der Waals surface area contributed by atoms with Gasteiger partial charge in [0.2, 0.25) is 0 Å². The Kier molecular flexibility index (Phi) is 4.89. The topological polar surface area (TPSA) is 46.5 Å². The van der Waals surface area contributed by atoms with Crippen molar-refractivity contribution in [2.75, 3.05) is 0 Å². The standard InChI is InChI=1S/C21H24O3/c1-2-3-4-9-14-21(15-20(22)23)16-10-5-7-12-18(16)24-19-13-8-6-11-17(19)21/h5-8,10-13H,2-4,9,14-15H2,1H3,(H,22,23). The molecule has 0 aromatic heterocycles. The molecule has 1 N–H and O–H groups in total. The van der Waals surface area contributed by atoms with E-state index in [1.54, 1.807) is 0 Å². The molecule has 24 heavy (non-hydrogen) atoms. The van der Waals surface area contributed by atoms with Gasteiger partial charge in [-0.15, -0.1) is 0 Å². The fourth-order valence-corrected chi connectivity index (χ4v) is 3.83. The molecule has 0 bridgehead atoms. The van der Waals surface area contributed by atoms with E-state index in [0.29, 0.717) is 0 Å². The van der Waals surface area contributed by atoms with Crippen LogP contribution >= 0.6 is 0 Å². The molecule has 1 aliphatic rings.